The Labute approximate surface area is 110 Å². The van der Waals surface area contributed by atoms with Crippen molar-refractivity contribution >= 4 is 11.8 Å². The Kier molecular flexibility index (Phi) is 3.57. The minimum Gasteiger partial charge on any atom is -0.481 e. The van der Waals surface area contributed by atoms with Gasteiger partial charge in [-0.3, -0.25) is 9.59 Å². The molecular formula is C12H17N3O4. The molecule has 7 nitrogen and oxygen atoms in total. The highest BCUT2D eigenvalue weighted by Crippen LogP contribution is 2.30. The van der Waals surface area contributed by atoms with Gasteiger partial charge in [-0.15, -0.1) is 0 Å². The number of nitrogens with zero attached hydrogens (tertiary/aromatic N) is 2. The molecule has 1 aromatic rings. The van der Waals surface area contributed by atoms with Gasteiger partial charge in [0.25, 0.3) is 5.56 Å². The van der Waals surface area contributed by atoms with Crippen molar-refractivity contribution in [1.82, 2.24) is 9.55 Å². The van der Waals surface area contributed by atoms with Gasteiger partial charge in [0.1, 0.15) is 5.41 Å². The van der Waals surface area contributed by atoms with Crippen molar-refractivity contribution in [2.45, 2.75) is 26.4 Å². The number of hydrogen-bond acceptors (Lipinski definition) is 5. The first kappa shape index (κ1) is 13.5. The van der Waals surface area contributed by atoms with Crippen LogP contribution in [0.3, 0.4) is 0 Å². The van der Waals surface area contributed by atoms with Crippen molar-refractivity contribution < 1.29 is 14.6 Å². The summed E-state index contributed by atoms with van der Waals surface area (Å²) in [4.78, 5) is 27.3. The van der Waals surface area contributed by atoms with Crippen molar-refractivity contribution in [3.63, 3.8) is 0 Å². The van der Waals surface area contributed by atoms with Gasteiger partial charge in [0.05, 0.1) is 19.3 Å². The first-order chi connectivity index (χ1) is 8.99. The van der Waals surface area contributed by atoms with Crippen molar-refractivity contribution in [3.8, 4) is 0 Å². The van der Waals surface area contributed by atoms with Crippen LogP contribution in [0.1, 0.15) is 13.8 Å². The molecule has 1 aromatic heterocycles. The fourth-order valence-corrected chi connectivity index (χ4v) is 2.05. The Balaban J connectivity index is 2.27. The summed E-state index contributed by atoms with van der Waals surface area (Å²) in [6.07, 6.45) is 3.11. The minimum atomic E-state index is -1.05. The van der Waals surface area contributed by atoms with Crippen LogP contribution in [-0.4, -0.2) is 39.9 Å². The molecule has 0 bridgehead atoms. The quantitative estimate of drug-likeness (QED) is 0.807. The molecule has 1 fully saturated rings. The number of anilines is 1. The van der Waals surface area contributed by atoms with E-state index in [0.717, 1.165) is 0 Å². The lowest BCUT2D eigenvalue weighted by Gasteiger charge is -2.25. The highest BCUT2D eigenvalue weighted by molar-refractivity contribution is 5.76. The molecule has 0 radical (unpaired) electrons. The van der Waals surface area contributed by atoms with Crippen molar-refractivity contribution in [2.24, 2.45) is 5.41 Å². The molecular weight excluding hydrogens is 250 g/mol. The van der Waals surface area contributed by atoms with E-state index in [-0.39, 0.29) is 24.6 Å². The Morgan fingerprint density at radius 3 is 3.11 bits per heavy atom. The van der Waals surface area contributed by atoms with Crippen molar-refractivity contribution in [1.29, 1.82) is 0 Å². The Morgan fingerprint density at radius 1 is 1.74 bits per heavy atom. The molecule has 0 aliphatic carbocycles. The lowest BCUT2D eigenvalue weighted by Crippen LogP contribution is -2.44. The standard InChI is InChI=1S/C12H17N3O4/c1-3-15-5-4-13-9(10(15)16)14-8-6-19-7-12(8,2)11(17)18/h4-5,8H,3,6-7H2,1-2H3,(H,13,14)(H,17,18). The molecule has 1 aliphatic rings. The second-order valence-corrected chi connectivity index (χ2v) is 4.80. The summed E-state index contributed by atoms with van der Waals surface area (Å²) in [5.41, 5.74) is -1.31. The topological polar surface area (TPSA) is 93.4 Å². The van der Waals surface area contributed by atoms with Crippen LogP contribution in [-0.2, 0) is 16.1 Å². The zero-order valence-corrected chi connectivity index (χ0v) is 10.9. The van der Waals surface area contributed by atoms with Crippen LogP contribution in [0.4, 0.5) is 5.82 Å². The summed E-state index contributed by atoms with van der Waals surface area (Å²) in [5.74, 6) is -0.790. The average molecular weight is 267 g/mol. The highest BCUT2D eigenvalue weighted by Gasteiger charge is 2.47. The van der Waals surface area contributed by atoms with Gasteiger partial charge in [0.15, 0.2) is 5.82 Å². The maximum atomic E-state index is 12.0. The largest absolute Gasteiger partial charge is 0.481 e. The van der Waals surface area contributed by atoms with Gasteiger partial charge in [0.2, 0.25) is 0 Å². The molecule has 0 amide bonds. The van der Waals surface area contributed by atoms with Crippen molar-refractivity contribution in [2.75, 3.05) is 18.5 Å². The van der Waals surface area contributed by atoms with Crippen LogP contribution in [0.25, 0.3) is 0 Å². The maximum absolute atomic E-state index is 12.0. The zero-order valence-electron chi connectivity index (χ0n) is 10.9. The predicted octanol–water partition coefficient (Wildman–Crippen LogP) is 0.165. The fraction of sp³-hybridized carbons (Fsp3) is 0.583. The number of nitrogens with one attached hydrogen (secondary N) is 1. The summed E-state index contributed by atoms with van der Waals surface area (Å²) in [5, 5.41) is 12.2. The number of aromatic nitrogens is 2. The van der Waals surface area contributed by atoms with Gasteiger partial charge in [-0.05, 0) is 13.8 Å². The number of hydrogen-bond donors (Lipinski definition) is 2. The van der Waals surface area contributed by atoms with Gasteiger partial charge in [-0.2, -0.15) is 0 Å². The maximum Gasteiger partial charge on any atom is 0.313 e. The third-order valence-corrected chi connectivity index (χ3v) is 3.51. The van der Waals surface area contributed by atoms with E-state index in [1.807, 2.05) is 6.92 Å². The summed E-state index contributed by atoms with van der Waals surface area (Å²) in [6, 6.07) is -0.474. The van der Waals surface area contributed by atoms with E-state index >= 15 is 0 Å². The Hall–Kier alpha value is -1.89. The summed E-state index contributed by atoms with van der Waals surface area (Å²) in [6.45, 7) is 4.35. The molecule has 2 unspecified atom stereocenters. The van der Waals surface area contributed by atoms with E-state index < -0.39 is 17.4 Å². The average Bonchev–Trinajstić information content (AvgIpc) is 2.75. The van der Waals surface area contributed by atoms with E-state index in [1.165, 1.54) is 10.8 Å². The fourth-order valence-electron chi connectivity index (χ4n) is 2.05. The molecule has 2 atom stereocenters. The zero-order chi connectivity index (χ0) is 14.0. The normalized spacial score (nSPS) is 26.3. The van der Waals surface area contributed by atoms with Crippen LogP contribution >= 0.6 is 0 Å². The lowest BCUT2D eigenvalue weighted by molar-refractivity contribution is -0.148. The first-order valence-corrected chi connectivity index (χ1v) is 6.12. The molecule has 104 valence electrons. The lowest BCUT2D eigenvalue weighted by atomic mass is 9.85. The highest BCUT2D eigenvalue weighted by atomic mass is 16.5. The third kappa shape index (κ3) is 2.33. The van der Waals surface area contributed by atoms with E-state index in [2.05, 4.69) is 10.3 Å². The Bertz CT molecular complexity index is 542. The number of rotatable bonds is 4. The van der Waals surface area contributed by atoms with E-state index in [9.17, 15) is 14.7 Å². The third-order valence-electron chi connectivity index (χ3n) is 3.51. The molecule has 1 aliphatic heterocycles. The minimum absolute atomic E-state index is 0.120. The number of aliphatic carboxylic acids is 1. The number of ether oxygens (including phenoxy) is 1. The molecule has 0 saturated carbocycles. The molecule has 2 rings (SSSR count). The van der Waals surface area contributed by atoms with E-state index in [4.69, 9.17) is 4.74 Å². The molecule has 1 saturated heterocycles. The SMILES string of the molecule is CCn1ccnc(NC2COCC2(C)C(=O)O)c1=O. The van der Waals surface area contributed by atoms with Crippen LogP contribution in [0.5, 0.6) is 0 Å². The van der Waals surface area contributed by atoms with E-state index in [1.54, 1.807) is 13.1 Å². The van der Waals surface area contributed by atoms with Crippen LogP contribution < -0.4 is 10.9 Å². The predicted molar refractivity (Wildman–Crippen MR) is 68.1 cm³/mol. The van der Waals surface area contributed by atoms with Crippen LogP contribution in [0.15, 0.2) is 17.2 Å². The molecule has 0 aromatic carbocycles. The smallest absolute Gasteiger partial charge is 0.313 e. The van der Waals surface area contributed by atoms with Gasteiger partial charge in [0, 0.05) is 18.9 Å². The monoisotopic (exact) mass is 267 g/mol. The van der Waals surface area contributed by atoms with Gasteiger partial charge in [-0.25, -0.2) is 4.98 Å². The molecule has 19 heavy (non-hydrogen) atoms. The Morgan fingerprint density at radius 2 is 2.47 bits per heavy atom. The van der Waals surface area contributed by atoms with E-state index in [0.29, 0.717) is 6.54 Å². The summed E-state index contributed by atoms with van der Waals surface area (Å²) in [7, 11) is 0. The van der Waals surface area contributed by atoms with Crippen molar-refractivity contribution in [3.05, 3.63) is 22.7 Å². The molecule has 2 heterocycles. The van der Waals surface area contributed by atoms with Crippen LogP contribution in [0.2, 0.25) is 0 Å². The molecule has 0 spiro atoms. The molecule has 2 N–H and O–H groups in total. The summed E-state index contributed by atoms with van der Waals surface area (Å²) < 4.78 is 6.73. The second kappa shape index (κ2) is 5.00. The summed E-state index contributed by atoms with van der Waals surface area (Å²) >= 11 is 0. The molecule has 7 heteroatoms. The van der Waals surface area contributed by atoms with Gasteiger partial charge < -0.3 is 19.7 Å². The number of carboxylic acid groups (broad SMARTS) is 1. The number of carboxylic acids is 1. The first-order valence-electron chi connectivity index (χ1n) is 6.12. The van der Waals surface area contributed by atoms with Crippen LogP contribution in [0, 0.1) is 5.41 Å². The van der Waals surface area contributed by atoms with Gasteiger partial charge in [-0.1, -0.05) is 0 Å². The van der Waals surface area contributed by atoms with Gasteiger partial charge >= 0.3 is 5.97 Å². The second-order valence-electron chi connectivity index (χ2n) is 4.80. The number of aryl methyl sites for hydroxylation is 1. The number of carbonyl (C=O) groups is 1.